The van der Waals surface area contributed by atoms with E-state index in [-0.39, 0.29) is 0 Å². The second-order valence-electron chi connectivity index (χ2n) is 8.00. The van der Waals surface area contributed by atoms with E-state index in [0.717, 1.165) is 57.0 Å². The second-order valence-corrected chi connectivity index (χ2v) is 8.00. The van der Waals surface area contributed by atoms with Crippen molar-refractivity contribution in [2.75, 3.05) is 51.3 Å². The van der Waals surface area contributed by atoms with E-state index in [2.05, 4.69) is 26.8 Å². The molecule has 0 bridgehead atoms. The number of methoxy groups -OCH3 is 1. The van der Waals surface area contributed by atoms with Crippen LogP contribution in [0.3, 0.4) is 0 Å². The van der Waals surface area contributed by atoms with Crippen molar-refractivity contribution in [3.8, 4) is 5.75 Å². The van der Waals surface area contributed by atoms with Crippen molar-refractivity contribution < 1.29 is 13.5 Å². The maximum atomic E-state index is 13.5. The van der Waals surface area contributed by atoms with Crippen LogP contribution in [0.2, 0.25) is 0 Å². The van der Waals surface area contributed by atoms with Crippen molar-refractivity contribution in [2.45, 2.75) is 25.4 Å². The molecule has 2 aliphatic rings. The first-order chi connectivity index (χ1) is 14.1. The van der Waals surface area contributed by atoms with E-state index in [1.54, 1.807) is 13.2 Å². The van der Waals surface area contributed by atoms with Gasteiger partial charge in [0.1, 0.15) is 5.75 Å². The van der Waals surface area contributed by atoms with Gasteiger partial charge in [0, 0.05) is 51.0 Å². The van der Waals surface area contributed by atoms with Crippen molar-refractivity contribution in [1.82, 2.24) is 9.80 Å². The highest BCUT2D eigenvalue weighted by atomic mass is 19.2. The topological polar surface area (TPSA) is 19.0 Å². The van der Waals surface area contributed by atoms with Gasteiger partial charge in [0.15, 0.2) is 11.6 Å². The molecule has 0 unspecified atom stereocenters. The highest BCUT2D eigenvalue weighted by molar-refractivity contribution is 5.49. The zero-order chi connectivity index (χ0) is 20.2. The van der Waals surface area contributed by atoms with E-state index in [1.165, 1.54) is 24.2 Å². The monoisotopic (exact) mass is 401 g/mol. The van der Waals surface area contributed by atoms with E-state index in [1.807, 2.05) is 12.1 Å². The van der Waals surface area contributed by atoms with Crippen LogP contribution < -0.4 is 9.64 Å². The lowest BCUT2D eigenvalue weighted by Gasteiger charge is -2.44. The maximum absolute atomic E-state index is 13.5. The SMILES string of the molecule is COc1ccc(N2CCN([C@H]3CCCN(Cc4ccc(F)c(F)c4)C3)CC2)cc1. The van der Waals surface area contributed by atoms with Gasteiger partial charge >= 0.3 is 0 Å². The molecule has 0 aliphatic carbocycles. The van der Waals surface area contributed by atoms with Crippen LogP contribution in [0.25, 0.3) is 0 Å². The third-order valence-corrected chi connectivity index (χ3v) is 6.14. The number of rotatable bonds is 5. The molecule has 0 amide bonds. The highest BCUT2D eigenvalue weighted by Crippen LogP contribution is 2.24. The minimum absolute atomic E-state index is 0.534. The van der Waals surface area contributed by atoms with Crippen molar-refractivity contribution in [2.24, 2.45) is 0 Å². The van der Waals surface area contributed by atoms with Crippen LogP contribution in [0.4, 0.5) is 14.5 Å². The molecule has 29 heavy (non-hydrogen) atoms. The Balaban J connectivity index is 1.30. The molecular formula is C23H29F2N3O. The van der Waals surface area contributed by atoms with E-state index < -0.39 is 11.6 Å². The number of halogens is 2. The molecule has 0 spiro atoms. The summed E-state index contributed by atoms with van der Waals surface area (Å²) >= 11 is 0. The summed E-state index contributed by atoms with van der Waals surface area (Å²) in [6.45, 7) is 6.83. The van der Waals surface area contributed by atoms with Crippen molar-refractivity contribution in [1.29, 1.82) is 0 Å². The summed E-state index contributed by atoms with van der Waals surface area (Å²) in [6.07, 6.45) is 2.35. The lowest BCUT2D eigenvalue weighted by molar-refractivity contribution is 0.0887. The van der Waals surface area contributed by atoms with E-state index in [4.69, 9.17) is 4.74 Å². The summed E-state index contributed by atoms with van der Waals surface area (Å²) < 4.78 is 31.9. The van der Waals surface area contributed by atoms with Crippen LogP contribution in [0.1, 0.15) is 18.4 Å². The molecule has 0 radical (unpaired) electrons. The van der Waals surface area contributed by atoms with Crippen LogP contribution >= 0.6 is 0 Å². The third kappa shape index (κ3) is 4.87. The molecule has 156 valence electrons. The molecule has 2 heterocycles. The van der Waals surface area contributed by atoms with Crippen molar-refractivity contribution >= 4 is 5.69 Å². The van der Waals surface area contributed by atoms with Gasteiger partial charge < -0.3 is 9.64 Å². The van der Waals surface area contributed by atoms with Gasteiger partial charge in [-0.15, -0.1) is 0 Å². The fourth-order valence-electron chi connectivity index (χ4n) is 4.51. The van der Waals surface area contributed by atoms with Gasteiger partial charge in [-0.2, -0.15) is 0 Å². The van der Waals surface area contributed by atoms with E-state index in [9.17, 15) is 8.78 Å². The number of piperazine rings is 1. The minimum atomic E-state index is -0.778. The predicted molar refractivity (Wildman–Crippen MR) is 111 cm³/mol. The Kier molecular flexibility index (Phi) is 6.31. The Morgan fingerprint density at radius 1 is 0.931 bits per heavy atom. The number of nitrogens with zero attached hydrogens (tertiary/aromatic N) is 3. The summed E-state index contributed by atoms with van der Waals surface area (Å²) in [7, 11) is 1.69. The molecule has 2 aliphatic heterocycles. The Bertz CT molecular complexity index is 806. The lowest BCUT2D eigenvalue weighted by atomic mass is 10.0. The predicted octanol–water partition coefficient (Wildman–Crippen LogP) is 3.76. The van der Waals surface area contributed by atoms with Crippen LogP contribution in [-0.4, -0.2) is 62.2 Å². The lowest BCUT2D eigenvalue weighted by Crippen LogP contribution is -2.55. The summed E-state index contributed by atoms with van der Waals surface area (Å²) in [6, 6.07) is 13.1. The Morgan fingerprint density at radius 2 is 1.69 bits per heavy atom. The molecule has 2 saturated heterocycles. The first-order valence-corrected chi connectivity index (χ1v) is 10.4. The zero-order valence-electron chi connectivity index (χ0n) is 17.0. The summed E-state index contributed by atoms with van der Waals surface area (Å²) in [5, 5.41) is 0. The Hall–Kier alpha value is -2.18. The average molecular weight is 402 g/mol. The molecule has 2 aromatic rings. The van der Waals surface area contributed by atoms with Gasteiger partial charge in [-0.05, 0) is 61.3 Å². The first kappa shape index (κ1) is 20.1. The number of benzene rings is 2. The molecule has 2 fully saturated rings. The molecular weight excluding hydrogens is 372 g/mol. The first-order valence-electron chi connectivity index (χ1n) is 10.4. The molecule has 0 saturated carbocycles. The van der Waals surface area contributed by atoms with Gasteiger partial charge in [0.05, 0.1) is 7.11 Å². The normalized spacial score (nSPS) is 21.3. The molecule has 6 heteroatoms. The molecule has 4 rings (SSSR count). The molecule has 2 aromatic carbocycles. The largest absolute Gasteiger partial charge is 0.497 e. The number of hydrogen-bond acceptors (Lipinski definition) is 4. The van der Waals surface area contributed by atoms with Crippen LogP contribution in [-0.2, 0) is 6.54 Å². The van der Waals surface area contributed by atoms with Crippen molar-refractivity contribution in [3.63, 3.8) is 0 Å². The van der Waals surface area contributed by atoms with E-state index in [0.29, 0.717) is 12.6 Å². The van der Waals surface area contributed by atoms with Gasteiger partial charge in [-0.1, -0.05) is 6.07 Å². The summed E-state index contributed by atoms with van der Waals surface area (Å²) in [5.74, 6) is -0.651. The minimum Gasteiger partial charge on any atom is -0.497 e. The Labute approximate surface area is 171 Å². The fourth-order valence-corrected chi connectivity index (χ4v) is 4.51. The molecule has 0 N–H and O–H groups in total. The van der Waals surface area contributed by atoms with Gasteiger partial charge in [0.25, 0.3) is 0 Å². The highest BCUT2D eigenvalue weighted by Gasteiger charge is 2.28. The number of ether oxygens (including phenoxy) is 1. The summed E-state index contributed by atoms with van der Waals surface area (Å²) in [4.78, 5) is 7.39. The van der Waals surface area contributed by atoms with E-state index >= 15 is 0 Å². The second kappa shape index (κ2) is 9.09. The molecule has 1 atom stereocenters. The maximum Gasteiger partial charge on any atom is 0.159 e. The van der Waals surface area contributed by atoms with Gasteiger partial charge in [-0.25, -0.2) is 8.78 Å². The quantitative estimate of drug-likeness (QED) is 0.759. The molecule has 0 aromatic heterocycles. The number of piperidine rings is 1. The smallest absolute Gasteiger partial charge is 0.159 e. The zero-order valence-corrected chi connectivity index (χ0v) is 17.0. The number of likely N-dealkylation sites (tertiary alicyclic amines) is 1. The molecule has 4 nitrogen and oxygen atoms in total. The Morgan fingerprint density at radius 3 is 2.38 bits per heavy atom. The van der Waals surface area contributed by atoms with Crippen LogP contribution in [0.15, 0.2) is 42.5 Å². The summed E-state index contributed by atoms with van der Waals surface area (Å²) in [5.41, 5.74) is 2.09. The average Bonchev–Trinajstić information content (AvgIpc) is 2.77. The van der Waals surface area contributed by atoms with Crippen molar-refractivity contribution in [3.05, 3.63) is 59.7 Å². The number of anilines is 1. The fraction of sp³-hybridized carbons (Fsp3) is 0.478. The number of hydrogen-bond donors (Lipinski definition) is 0. The van der Waals surface area contributed by atoms with Crippen LogP contribution in [0, 0.1) is 11.6 Å². The van der Waals surface area contributed by atoms with Gasteiger partial charge in [-0.3, -0.25) is 9.80 Å². The third-order valence-electron chi connectivity index (χ3n) is 6.14. The van der Waals surface area contributed by atoms with Crippen LogP contribution in [0.5, 0.6) is 5.75 Å². The standard InChI is InChI=1S/C23H29F2N3O/c1-29-21-7-5-19(6-8-21)27-11-13-28(14-12-27)20-3-2-10-26(17-20)16-18-4-9-22(24)23(25)15-18/h4-9,15,20H,2-3,10-14,16-17H2,1H3/t20-/m0/s1. The van der Waals surface area contributed by atoms with Gasteiger partial charge in [0.2, 0.25) is 0 Å².